The van der Waals surface area contributed by atoms with Crippen LogP contribution in [-0.2, 0) is 9.53 Å². The molecule has 0 saturated carbocycles. The summed E-state index contributed by atoms with van der Waals surface area (Å²) >= 11 is 3.09. The lowest BCUT2D eigenvalue weighted by molar-refractivity contribution is -0.123. The van der Waals surface area contributed by atoms with E-state index in [0.29, 0.717) is 10.4 Å². The van der Waals surface area contributed by atoms with Gasteiger partial charge in [0.2, 0.25) is 5.76 Å². The van der Waals surface area contributed by atoms with E-state index in [1.54, 1.807) is 30.3 Å². The second kappa shape index (κ2) is 6.38. The van der Waals surface area contributed by atoms with E-state index in [0.717, 1.165) is 0 Å². The van der Waals surface area contributed by atoms with Gasteiger partial charge < -0.3 is 14.5 Å². The second-order valence-corrected chi connectivity index (χ2v) is 4.79. The van der Waals surface area contributed by atoms with Crippen molar-refractivity contribution in [1.29, 1.82) is 0 Å². The molecule has 1 aromatic carbocycles. The largest absolute Gasteiger partial charge is 0.447 e. The first-order valence-corrected chi connectivity index (χ1v) is 6.68. The maximum absolute atomic E-state index is 11.9. The van der Waals surface area contributed by atoms with Crippen LogP contribution in [0.1, 0.15) is 17.5 Å². The fraction of sp³-hybridized carbons (Fsp3) is 0.143. The van der Waals surface area contributed by atoms with Gasteiger partial charge in [0.25, 0.3) is 5.91 Å². The quantitative estimate of drug-likeness (QED) is 0.869. The molecular formula is C14H12BrNO4. The fourth-order valence-electron chi connectivity index (χ4n) is 1.46. The Balaban J connectivity index is 1.93. The molecule has 0 unspecified atom stereocenters. The van der Waals surface area contributed by atoms with Crippen molar-refractivity contribution in [2.75, 3.05) is 5.32 Å². The first kappa shape index (κ1) is 14.3. The molecule has 1 heterocycles. The van der Waals surface area contributed by atoms with Gasteiger partial charge in [-0.15, -0.1) is 0 Å². The molecule has 104 valence electrons. The van der Waals surface area contributed by atoms with Crippen molar-refractivity contribution in [3.05, 3.63) is 52.9 Å². The molecule has 2 rings (SSSR count). The number of anilines is 1. The zero-order valence-corrected chi connectivity index (χ0v) is 12.2. The van der Waals surface area contributed by atoms with E-state index in [1.807, 2.05) is 6.07 Å². The van der Waals surface area contributed by atoms with Gasteiger partial charge in [0.1, 0.15) is 0 Å². The summed E-state index contributed by atoms with van der Waals surface area (Å²) in [5.74, 6) is -1.06. The molecule has 0 saturated heterocycles. The average Bonchev–Trinajstić information content (AvgIpc) is 2.86. The smallest absolute Gasteiger partial charge is 0.375 e. The lowest BCUT2D eigenvalue weighted by Crippen LogP contribution is -2.29. The van der Waals surface area contributed by atoms with Crippen molar-refractivity contribution in [2.24, 2.45) is 0 Å². The van der Waals surface area contributed by atoms with Gasteiger partial charge in [-0.05, 0) is 47.1 Å². The molecule has 1 amide bonds. The van der Waals surface area contributed by atoms with Gasteiger partial charge in [0, 0.05) is 5.69 Å². The summed E-state index contributed by atoms with van der Waals surface area (Å²) in [5, 5.41) is 2.65. The van der Waals surface area contributed by atoms with Gasteiger partial charge in [0.15, 0.2) is 10.8 Å². The molecule has 0 aliphatic heterocycles. The van der Waals surface area contributed by atoms with E-state index < -0.39 is 18.0 Å². The van der Waals surface area contributed by atoms with Crippen LogP contribution in [-0.4, -0.2) is 18.0 Å². The van der Waals surface area contributed by atoms with Gasteiger partial charge in [-0.25, -0.2) is 4.79 Å². The number of esters is 1. The predicted octanol–water partition coefficient (Wildman–Crippen LogP) is 3.23. The highest BCUT2D eigenvalue weighted by atomic mass is 79.9. The van der Waals surface area contributed by atoms with Gasteiger partial charge >= 0.3 is 5.97 Å². The Labute approximate surface area is 124 Å². The molecule has 5 nitrogen and oxygen atoms in total. The van der Waals surface area contributed by atoms with E-state index in [2.05, 4.69) is 21.2 Å². The van der Waals surface area contributed by atoms with Gasteiger partial charge in [-0.1, -0.05) is 18.2 Å². The molecule has 0 aliphatic carbocycles. The molecule has 0 bridgehead atoms. The third-order valence-electron chi connectivity index (χ3n) is 2.47. The minimum Gasteiger partial charge on any atom is -0.447 e. The fourth-order valence-corrected chi connectivity index (χ4v) is 1.77. The molecule has 1 aromatic heterocycles. The van der Waals surface area contributed by atoms with Crippen molar-refractivity contribution >= 4 is 33.5 Å². The maximum atomic E-state index is 11.9. The normalized spacial score (nSPS) is 11.7. The number of para-hydroxylation sites is 1. The van der Waals surface area contributed by atoms with Gasteiger partial charge in [0.05, 0.1) is 0 Å². The third kappa shape index (κ3) is 3.71. The number of carbonyl (C=O) groups excluding carboxylic acids is 2. The van der Waals surface area contributed by atoms with E-state index >= 15 is 0 Å². The summed E-state index contributed by atoms with van der Waals surface area (Å²) in [7, 11) is 0. The number of amides is 1. The Kier molecular flexibility index (Phi) is 4.57. The number of benzene rings is 1. The molecule has 0 spiro atoms. The zero-order chi connectivity index (χ0) is 14.5. The lowest BCUT2D eigenvalue weighted by atomic mass is 10.3. The number of hydrogen-bond acceptors (Lipinski definition) is 4. The van der Waals surface area contributed by atoms with Crippen molar-refractivity contribution in [1.82, 2.24) is 0 Å². The number of ether oxygens (including phenoxy) is 1. The van der Waals surface area contributed by atoms with E-state index in [4.69, 9.17) is 9.15 Å². The van der Waals surface area contributed by atoms with Gasteiger partial charge in [-0.2, -0.15) is 0 Å². The number of rotatable bonds is 4. The van der Waals surface area contributed by atoms with Crippen LogP contribution in [0, 0.1) is 0 Å². The zero-order valence-electron chi connectivity index (χ0n) is 10.6. The van der Waals surface area contributed by atoms with Crippen LogP contribution in [0.5, 0.6) is 0 Å². The van der Waals surface area contributed by atoms with Crippen LogP contribution in [0.25, 0.3) is 0 Å². The second-order valence-electron chi connectivity index (χ2n) is 4.01. The molecule has 20 heavy (non-hydrogen) atoms. The summed E-state index contributed by atoms with van der Waals surface area (Å²) < 4.78 is 10.5. The Hall–Kier alpha value is -2.08. The number of hydrogen-bond donors (Lipinski definition) is 1. The molecule has 1 atom stereocenters. The Morgan fingerprint density at radius 1 is 1.20 bits per heavy atom. The summed E-state index contributed by atoms with van der Waals surface area (Å²) in [5.41, 5.74) is 0.640. The highest BCUT2D eigenvalue weighted by molar-refractivity contribution is 9.10. The molecule has 0 fully saturated rings. The number of nitrogens with one attached hydrogen (secondary N) is 1. The van der Waals surface area contributed by atoms with Crippen LogP contribution < -0.4 is 5.32 Å². The van der Waals surface area contributed by atoms with Crippen LogP contribution in [0.4, 0.5) is 5.69 Å². The maximum Gasteiger partial charge on any atom is 0.375 e. The number of carbonyl (C=O) groups is 2. The standard InChI is InChI=1S/C14H12BrNO4/c1-9(13(17)16-10-5-3-2-4-6-10)19-14(18)11-7-8-12(15)20-11/h2-9H,1H3,(H,16,17)/t9-/m0/s1. The van der Waals surface area contributed by atoms with Crippen LogP contribution >= 0.6 is 15.9 Å². The Morgan fingerprint density at radius 2 is 1.90 bits per heavy atom. The van der Waals surface area contributed by atoms with Crippen molar-refractivity contribution in [3.63, 3.8) is 0 Å². The highest BCUT2D eigenvalue weighted by Gasteiger charge is 2.21. The lowest BCUT2D eigenvalue weighted by Gasteiger charge is -2.12. The van der Waals surface area contributed by atoms with Crippen LogP contribution in [0.15, 0.2) is 51.6 Å². The third-order valence-corrected chi connectivity index (χ3v) is 2.89. The SMILES string of the molecule is C[C@H](OC(=O)c1ccc(Br)o1)C(=O)Nc1ccccc1. The van der Waals surface area contributed by atoms with Crippen LogP contribution in [0.2, 0.25) is 0 Å². The highest BCUT2D eigenvalue weighted by Crippen LogP contribution is 2.15. The van der Waals surface area contributed by atoms with Crippen molar-refractivity contribution in [2.45, 2.75) is 13.0 Å². The minimum atomic E-state index is -0.924. The van der Waals surface area contributed by atoms with E-state index in [9.17, 15) is 9.59 Å². The summed E-state index contributed by atoms with van der Waals surface area (Å²) in [6, 6.07) is 12.0. The first-order chi connectivity index (χ1) is 9.56. The number of halogens is 1. The van der Waals surface area contributed by atoms with Gasteiger partial charge in [-0.3, -0.25) is 4.79 Å². The minimum absolute atomic E-state index is 0.0382. The number of furan rings is 1. The Morgan fingerprint density at radius 3 is 2.50 bits per heavy atom. The topological polar surface area (TPSA) is 68.5 Å². The predicted molar refractivity (Wildman–Crippen MR) is 76.4 cm³/mol. The average molecular weight is 338 g/mol. The van der Waals surface area contributed by atoms with Crippen molar-refractivity contribution < 1.29 is 18.7 Å². The molecule has 2 aromatic rings. The summed E-state index contributed by atoms with van der Waals surface area (Å²) in [6.45, 7) is 1.49. The monoisotopic (exact) mass is 337 g/mol. The van der Waals surface area contributed by atoms with E-state index in [1.165, 1.54) is 13.0 Å². The van der Waals surface area contributed by atoms with Crippen molar-refractivity contribution in [3.8, 4) is 0 Å². The van der Waals surface area contributed by atoms with E-state index in [-0.39, 0.29) is 5.76 Å². The Bertz CT molecular complexity index is 609. The molecule has 0 aliphatic rings. The molecule has 6 heteroatoms. The molecular weight excluding hydrogens is 326 g/mol. The first-order valence-electron chi connectivity index (χ1n) is 5.88. The summed E-state index contributed by atoms with van der Waals surface area (Å²) in [6.07, 6.45) is -0.924. The summed E-state index contributed by atoms with van der Waals surface area (Å²) in [4.78, 5) is 23.6. The molecule has 0 radical (unpaired) electrons. The van der Waals surface area contributed by atoms with Crippen LogP contribution in [0.3, 0.4) is 0 Å². The molecule has 1 N–H and O–H groups in total.